The van der Waals surface area contributed by atoms with Gasteiger partial charge in [0.25, 0.3) is 5.91 Å². The van der Waals surface area contributed by atoms with E-state index in [0.717, 1.165) is 37.9 Å². The number of hydrogen-bond acceptors (Lipinski definition) is 5. The highest BCUT2D eigenvalue weighted by atomic mass is 79.9. The van der Waals surface area contributed by atoms with E-state index in [1.807, 2.05) is 0 Å². The monoisotopic (exact) mass is 517 g/mol. The Morgan fingerprint density at radius 2 is 1.75 bits per heavy atom. The van der Waals surface area contributed by atoms with Gasteiger partial charge in [-0.15, -0.1) is 0 Å². The highest BCUT2D eigenvalue weighted by Gasteiger charge is 2.47. The number of carbonyl (C=O) groups is 2. The topological polar surface area (TPSA) is 87.6 Å². The lowest BCUT2D eigenvalue weighted by molar-refractivity contribution is -0.122. The molecule has 3 aromatic rings. The summed E-state index contributed by atoms with van der Waals surface area (Å²) in [5, 5.41) is 0. The van der Waals surface area contributed by atoms with Crippen molar-refractivity contribution in [1.29, 1.82) is 0 Å². The Morgan fingerprint density at radius 3 is 2.38 bits per heavy atom. The van der Waals surface area contributed by atoms with Gasteiger partial charge in [0.2, 0.25) is 15.9 Å². The van der Waals surface area contributed by atoms with Gasteiger partial charge in [0, 0.05) is 23.4 Å². The predicted molar refractivity (Wildman–Crippen MR) is 118 cm³/mol. The van der Waals surface area contributed by atoms with Crippen LogP contribution in [0.15, 0.2) is 82.4 Å². The molecule has 1 unspecified atom stereocenters. The predicted octanol–water partition coefficient (Wildman–Crippen LogP) is 3.51. The molecule has 164 valence electrons. The molecular weight excluding hydrogens is 501 g/mol. The number of halogens is 2. The maximum Gasteiger partial charge on any atom is 0.252 e. The minimum atomic E-state index is -4.24. The molecule has 0 saturated carbocycles. The van der Waals surface area contributed by atoms with Crippen LogP contribution in [-0.2, 0) is 26.2 Å². The van der Waals surface area contributed by atoms with E-state index < -0.39 is 33.7 Å². The van der Waals surface area contributed by atoms with Gasteiger partial charge in [0.05, 0.1) is 17.0 Å². The van der Waals surface area contributed by atoms with Gasteiger partial charge in [0.1, 0.15) is 11.9 Å². The zero-order valence-electron chi connectivity index (χ0n) is 16.6. The summed E-state index contributed by atoms with van der Waals surface area (Å²) in [6.07, 6.45) is 2.72. The third-order valence-corrected chi connectivity index (χ3v) is 7.43. The number of carbonyl (C=O) groups excluding carboxylic acids is 2. The van der Waals surface area contributed by atoms with Crippen molar-refractivity contribution in [3.8, 4) is 0 Å². The second-order valence-electron chi connectivity index (χ2n) is 7.13. The Balaban J connectivity index is 1.74. The fourth-order valence-electron chi connectivity index (χ4n) is 3.48. The van der Waals surface area contributed by atoms with Crippen LogP contribution in [0, 0.1) is 5.82 Å². The summed E-state index contributed by atoms with van der Waals surface area (Å²) in [5.41, 5.74) is 0.895. The van der Waals surface area contributed by atoms with Crippen LogP contribution in [0.2, 0.25) is 0 Å². The highest BCUT2D eigenvalue weighted by Crippen LogP contribution is 2.31. The molecule has 1 atom stereocenters. The van der Waals surface area contributed by atoms with E-state index in [0.29, 0.717) is 11.3 Å². The first kappa shape index (κ1) is 22.3. The SMILES string of the molecule is O=C1CC(N(Cc2cccnc2)S(=O)(=O)c2ccc(F)cc2)C(=O)N1c1ccc(Br)cc1. The van der Waals surface area contributed by atoms with Crippen LogP contribution in [-0.4, -0.2) is 35.6 Å². The smallest absolute Gasteiger partial charge is 0.252 e. The van der Waals surface area contributed by atoms with Gasteiger partial charge in [-0.05, 0) is 60.2 Å². The van der Waals surface area contributed by atoms with Crippen molar-refractivity contribution in [3.63, 3.8) is 0 Å². The molecule has 1 fully saturated rings. The first-order valence-corrected chi connectivity index (χ1v) is 11.8. The van der Waals surface area contributed by atoms with Gasteiger partial charge in [-0.25, -0.2) is 17.7 Å². The average Bonchev–Trinajstić information content (AvgIpc) is 3.07. The van der Waals surface area contributed by atoms with Crippen molar-refractivity contribution < 1.29 is 22.4 Å². The van der Waals surface area contributed by atoms with E-state index in [2.05, 4.69) is 20.9 Å². The third kappa shape index (κ3) is 4.34. The minimum Gasteiger partial charge on any atom is -0.274 e. The summed E-state index contributed by atoms with van der Waals surface area (Å²) in [7, 11) is -4.24. The number of aromatic nitrogens is 1. The molecule has 32 heavy (non-hydrogen) atoms. The normalized spacial score (nSPS) is 16.7. The molecule has 0 aliphatic carbocycles. The van der Waals surface area contributed by atoms with E-state index in [4.69, 9.17) is 0 Å². The molecule has 1 aliphatic rings. The van der Waals surface area contributed by atoms with Crippen molar-refractivity contribution in [3.05, 3.63) is 88.9 Å². The molecule has 1 saturated heterocycles. The second kappa shape index (κ2) is 8.89. The number of anilines is 1. The van der Waals surface area contributed by atoms with Crippen LogP contribution in [0.1, 0.15) is 12.0 Å². The Morgan fingerprint density at radius 1 is 1.06 bits per heavy atom. The van der Waals surface area contributed by atoms with Crippen LogP contribution in [0.3, 0.4) is 0 Å². The van der Waals surface area contributed by atoms with Crippen LogP contribution >= 0.6 is 15.9 Å². The highest BCUT2D eigenvalue weighted by molar-refractivity contribution is 9.10. The zero-order chi connectivity index (χ0) is 22.9. The minimum absolute atomic E-state index is 0.175. The third-order valence-electron chi connectivity index (χ3n) is 5.04. The Labute approximate surface area is 192 Å². The first-order chi connectivity index (χ1) is 15.3. The first-order valence-electron chi connectivity index (χ1n) is 9.56. The van der Waals surface area contributed by atoms with Crippen LogP contribution < -0.4 is 4.90 Å². The summed E-state index contributed by atoms with van der Waals surface area (Å²) >= 11 is 3.30. The van der Waals surface area contributed by atoms with Crippen molar-refractivity contribution in [1.82, 2.24) is 9.29 Å². The molecule has 0 N–H and O–H groups in total. The molecule has 4 rings (SSSR count). The van der Waals surface area contributed by atoms with Gasteiger partial charge in [-0.3, -0.25) is 14.6 Å². The number of amides is 2. The number of imide groups is 1. The van der Waals surface area contributed by atoms with Gasteiger partial charge in [-0.2, -0.15) is 4.31 Å². The number of sulfonamides is 1. The van der Waals surface area contributed by atoms with Crippen molar-refractivity contribution in [2.24, 2.45) is 0 Å². The second-order valence-corrected chi connectivity index (χ2v) is 9.94. The molecule has 10 heteroatoms. The quantitative estimate of drug-likeness (QED) is 0.467. The van der Waals surface area contributed by atoms with E-state index >= 15 is 0 Å². The van der Waals surface area contributed by atoms with Crippen molar-refractivity contribution >= 4 is 43.5 Å². The number of benzene rings is 2. The van der Waals surface area contributed by atoms with E-state index in [1.165, 1.54) is 6.20 Å². The molecule has 0 spiro atoms. The molecular formula is C22H17BrFN3O4S. The number of pyridine rings is 1. The largest absolute Gasteiger partial charge is 0.274 e. The Hall–Kier alpha value is -2.95. The summed E-state index contributed by atoms with van der Waals surface area (Å²) in [6, 6.07) is 13.0. The van der Waals surface area contributed by atoms with Gasteiger partial charge >= 0.3 is 0 Å². The Kier molecular flexibility index (Phi) is 6.18. The van der Waals surface area contributed by atoms with E-state index in [1.54, 1.807) is 42.6 Å². The summed E-state index contributed by atoms with van der Waals surface area (Å²) in [5.74, 6) is -1.74. The van der Waals surface area contributed by atoms with E-state index in [9.17, 15) is 22.4 Å². The summed E-state index contributed by atoms with van der Waals surface area (Å²) < 4.78 is 42.1. The maximum absolute atomic E-state index is 13.5. The summed E-state index contributed by atoms with van der Waals surface area (Å²) in [6.45, 7) is -0.175. The van der Waals surface area contributed by atoms with E-state index in [-0.39, 0.29) is 17.9 Å². The van der Waals surface area contributed by atoms with Gasteiger partial charge < -0.3 is 0 Å². The standard InChI is InChI=1S/C22H17BrFN3O4S/c23-16-3-7-18(8-4-16)27-21(28)12-20(22(27)29)26(14-15-2-1-11-25-13-15)32(30,31)19-9-5-17(24)6-10-19/h1-11,13,20H,12,14H2. The zero-order valence-corrected chi connectivity index (χ0v) is 19.0. The molecule has 7 nitrogen and oxygen atoms in total. The fraction of sp³-hybridized carbons (Fsp3) is 0.136. The number of hydrogen-bond donors (Lipinski definition) is 0. The summed E-state index contributed by atoms with van der Waals surface area (Å²) in [4.78, 5) is 30.8. The molecule has 2 heterocycles. The van der Waals surface area contributed by atoms with Crippen LogP contribution in [0.5, 0.6) is 0 Å². The maximum atomic E-state index is 13.5. The van der Waals surface area contributed by atoms with Crippen molar-refractivity contribution in [2.45, 2.75) is 23.9 Å². The number of nitrogens with zero attached hydrogens (tertiary/aromatic N) is 3. The molecule has 0 radical (unpaired) electrons. The van der Waals surface area contributed by atoms with Crippen LogP contribution in [0.25, 0.3) is 0 Å². The van der Waals surface area contributed by atoms with Gasteiger partial charge in [0.15, 0.2) is 0 Å². The van der Waals surface area contributed by atoms with Gasteiger partial charge in [-0.1, -0.05) is 22.0 Å². The number of rotatable bonds is 6. The lowest BCUT2D eigenvalue weighted by atomic mass is 10.2. The average molecular weight is 518 g/mol. The fourth-order valence-corrected chi connectivity index (χ4v) is 5.31. The molecule has 0 bridgehead atoms. The molecule has 2 aromatic carbocycles. The van der Waals surface area contributed by atoms with Crippen LogP contribution in [0.4, 0.5) is 10.1 Å². The lowest BCUT2D eigenvalue weighted by Crippen LogP contribution is -2.45. The molecule has 1 aromatic heterocycles. The van der Waals surface area contributed by atoms with Crippen molar-refractivity contribution in [2.75, 3.05) is 4.90 Å². The molecule has 2 amide bonds. The molecule has 1 aliphatic heterocycles. The lowest BCUT2D eigenvalue weighted by Gasteiger charge is -2.27. The Bertz CT molecular complexity index is 1250.